The molecule has 114 valence electrons. The van der Waals surface area contributed by atoms with Gasteiger partial charge in [-0.15, -0.1) is 0 Å². The fourth-order valence-corrected chi connectivity index (χ4v) is 5.08. The van der Waals surface area contributed by atoms with Crippen molar-refractivity contribution in [2.45, 2.75) is 77.2 Å². The summed E-state index contributed by atoms with van der Waals surface area (Å²) in [6.45, 7) is 8.77. The zero-order valence-electron chi connectivity index (χ0n) is 12.9. The van der Waals surface area contributed by atoms with Crippen LogP contribution in [0.5, 0.6) is 0 Å². The molecule has 4 nitrogen and oxygen atoms in total. The van der Waals surface area contributed by atoms with Crippen LogP contribution in [0.1, 0.15) is 53.4 Å². The van der Waals surface area contributed by atoms with E-state index in [1.54, 1.807) is 0 Å². The van der Waals surface area contributed by atoms with Gasteiger partial charge in [-0.1, -0.05) is 13.8 Å². The average Bonchev–Trinajstić information content (AvgIpc) is 2.63. The molecule has 20 heavy (non-hydrogen) atoms. The quantitative estimate of drug-likeness (QED) is 0.639. The van der Waals surface area contributed by atoms with Crippen molar-refractivity contribution in [2.75, 3.05) is 0 Å². The maximum absolute atomic E-state index is 6.23. The second kappa shape index (κ2) is 4.19. The number of ether oxygens (including phenoxy) is 2. The van der Waals surface area contributed by atoms with E-state index in [2.05, 4.69) is 20.8 Å². The van der Waals surface area contributed by atoms with E-state index in [4.69, 9.17) is 19.2 Å². The third kappa shape index (κ3) is 1.57. The fourth-order valence-electron chi connectivity index (χ4n) is 5.08. The Labute approximate surface area is 121 Å². The highest BCUT2D eigenvalue weighted by Gasteiger charge is 2.68. The van der Waals surface area contributed by atoms with Crippen molar-refractivity contribution in [3.8, 4) is 0 Å². The lowest BCUT2D eigenvalue weighted by Gasteiger charge is -2.60. The van der Waals surface area contributed by atoms with Crippen molar-refractivity contribution in [3.05, 3.63) is 0 Å². The van der Waals surface area contributed by atoms with Crippen LogP contribution < -0.4 is 0 Å². The van der Waals surface area contributed by atoms with E-state index in [1.165, 1.54) is 12.8 Å². The zero-order chi connectivity index (χ0) is 14.1. The van der Waals surface area contributed by atoms with Crippen LogP contribution in [-0.4, -0.2) is 23.8 Å². The molecule has 0 amide bonds. The van der Waals surface area contributed by atoms with Crippen molar-refractivity contribution in [2.24, 2.45) is 23.7 Å². The first-order valence-corrected chi connectivity index (χ1v) is 8.16. The minimum atomic E-state index is -0.641. The van der Waals surface area contributed by atoms with Crippen molar-refractivity contribution < 1.29 is 19.2 Å². The SMILES string of the molecule is C[C@H]1[C@H](C)O[C@@H]2OC3(C)CC[C@H]4[C@H](C)CC[C@@H]1[C@@]24OO3. The molecule has 1 aliphatic carbocycles. The highest BCUT2D eigenvalue weighted by atomic mass is 17.3. The smallest absolute Gasteiger partial charge is 0.201 e. The molecule has 1 saturated carbocycles. The minimum absolute atomic E-state index is 0.219. The molecule has 4 aliphatic heterocycles. The molecule has 0 aromatic carbocycles. The van der Waals surface area contributed by atoms with Crippen LogP contribution in [0.25, 0.3) is 0 Å². The lowest BCUT2D eigenvalue weighted by Crippen LogP contribution is -2.70. The Morgan fingerprint density at radius 2 is 1.75 bits per heavy atom. The van der Waals surface area contributed by atoms with Crippen LogP contribution in [-0.2, 0) is 19.2 Å². The van der Waals surface area contributed by atoms with Crippen LogP contribution in [0.15, 0.2) is 0 Å². The summed E-state index contributed by atoms with van der Waals surface area (Å²) >= 11 is 0. The molecule has 4 heteroatoms. The van der Waals surface area contributed by atoms with E-state index in [1.807, 2.05) is 6.92 Å². The highest BCUT2D eigenvalue weighted by Crippen LogP contribution is 2.60. The van der Waals surface area contributed by atoms with Gasteiger partial charge in [0, 0.05) is 12.3 Å². The third-order valence-corrected chi connectivity index (χ3v) is 6.49. The molecule has 0 N–H and O–H groups in total. The predicted octanol–water partition coefficient (Wildman–Crippen LogP) is 3.26. The van der Waals surface area contributed by atoms with Crippen LogP contribution in [0.3, 0.4) is 0 Å². The fraction of sp³-hybridized carbons (Fsp3) is 1.00. The molecule has 0 aromatic heterocycles. The predicted molar refractivity (Wildman–Crippen MR) is 72.5 cm³/mol. The number of fused-ring (bicyclic) bond motifs is 2. The van der Waals surface area contributed by atoms with Gasteiger partial charge in [-0.3, -0.25) is 0 Å². The van der Waals surface area contributed by atoms with E-state index in [0.29, 0.717) is 23.7 Å². The standard InChI is InChI=1S/C16H26O4/c1-9-5-6-13-10(2)11(3)17-14-16(13)12(9)7-8-15(4,18-14)19-20-16/h9-14H,5-8H2,1-4H3/t9-,10+,11+,12+,13+,14-,15?,16-/m1/s1. The first-order chi connectivity index (χ1) is 9.46. The Bertz CT molecular complexity index is 409. The van der Waals surface area contributed by atoms with E-state index in [-0.39, 0.29) is 18.0 Å². The molecule has 8 atom stereocenters. The Balaban J connectivity index is 1.82. The molecule has 5 rings (SSSR count). The normalized spacial score (nSPS) is 61.8. The molecule has 4 saturated heterocycles. The molecule has 0 aromatic rings. The van der Waals surface area contributed by atoms with Crippen molar-refractivity contribution >= 4 is 0 Å². The second-order valence-corrected chi connectivity index (χ2v) is 7.61. The topological polar surface area (TPSA) is 36.9 Å². The third-order valence-electron chi connectivity index (χ3n) is 6.49. The van der Waals surface area contributed by atoms with Gasteiger partial charge in [0.1, 0.15) is 0 Å². The molecule has 2 bridgehead atoms. The summed E-state index contributed by atoms with van der Waals surface area (Å²) in [7, 11) is 0. The Hall–Kier alpha value is -0.160. The van der Waals surface area contributed by atoms with Crippen molar-refractivity contribution in [3.63, 3.8) is 0 Å². The Morgan fingerprint density at radius 1 is 0.950 bits per heavy atom. The molecule has 1 spiro atoms. The lowest BCUT2D eigenvalue weighted by molar-refractivity contribution is -0.570. The summed E-state index contributed by atoms with van der Waals surface area (Å²) < 4.78 is 12.5. The van der Waals surface area contributed by atoms with E-state index in [9.17, 15) is 0 Å². The summed E-state index contributed by atoms with van der Waals surface area (Å²) in [4.78, 5) is 11.8. The first-order valence-electron chi connectivity index (χ1n) is 8.16. The molecule has 0 radical (unpaired) electrons. The average molecular weight is 282 g/mol. The summed E-state index contributed by atoms with van der Waals surface area (Å²) in [5, 5.41) is 0. The van der Waals surface area contributed by atoms with E-state index >= 15 is 0 Å². The molecular formula is C16H26O4. The van der Waals surface area contributed by atoms with Gasteiger partial charge in [-0.25, -0.2) is 9.78 Å². The number of hydrogen-bond donors (Lipinski definition) is 0. The van der Waals surface area contributed by atoms with Gasteiger partial charge in [0.15, 0.2) is 11.9 Å². The monoisotopic (exact) mass is 282 g/mol. The van der Waals surface area contributed by atoms with Gasteiger partial charge in [0.25, 0.3) is 0 Å². The van der Waals surface area contributed by atoms with Crippen molar-refractivity contribution in [1.82, 2.24) is 0 Å². The summed E-state index contributed by atoms with van der Waals surface area (Å²) in [5.41, 5.74) is -0.389. The minimum Gasteiger partial charge on any atom is -0.346 e. The maximum atomic E-state index is 6.23. The molecule has 5 aliphatic rings. The van der Waals surface area contributed by atoms with Gasteiger partial charge >= 0.3 is 0 Å². The Morgan fingerprint density at radius 3 is 2.55 bits per heavy atom. The van der Waals surface area contributed by atoms with Gasteiger partial charge in [0.2, 0.25) is 5.79 Å². The van der Waals surface area contributed by atoms with Crippen molar-refractivity contribution in [1.29, 1.82) is 0 Å². The summed E-state index contributed by atoms with van der Waals surface area (Å²) in [5.74, 6) is 1.44. The van der Waals surface area contributed by atoms with Gasteiger partial charge in [0.05, 0.1) is 6.10 Å². The van der Waals surface area contributed by atoms with Crippen LogP contribution >= 0.6 is 0 Å². The number of hydrogen-bond acceptors (Lipinski definition) is 4. The lowest BCUT2D eigenvalue weighted by atomic mass is 9.57. The zero-order valence-corrected chi connectivity index (χ0v) is 12.9. The van der Waals surface area contributed by atoms with Crippen LogP contribution in [0, 0.1) is 23.7 Å². The largest absolute Gasteiger partial charge is 0.346 e. The van der Waals surface area contributed by atoms with Gasteiger partial charge in [-0.05, 0) is 50.9 Å². The summed E-state index contributed by atoms with van der Waals surface area (Å²) in [6, 6.07) is 0. The Kier molecular flexibility index (Phi) is 2.83. The second-order valence-electron chi connectivity index (χ2n) is 7.61. The molecular weight excluding hydrogens is 256 g/mol. The molecule has 1 unspecified atom stereocenters. The van der Waals surface area contributed by atoms with Gasteiger partial charge in [-0.2, -0.15) is 0 Å². The highest BCUT2D eigenvalue weighted by molar-refractivity contribution is 5.09. The molecule has 4 heterocycles. The van der Waals surface area contributed by atoms with E-state index < -0.39 is 5.79 Å². The maximum Gasteiger partial charge on any atom is 0.201 e. The number of rotatable bonds is 0. The summed E-state index contributed by atoms with van der Waals surface area (Å²) in [6.07, 6.45) is 4.41. The van der Waals surface area contributed by atoms with Crippen LogP contribution in [0.4, 0.5) is 0 Å². The first kappa shape index (κ1) is 13.5. The van der Waals surface area contributed by atoms with E-state index in [0.717, 1.165) is 12.8 Å². The van der Waals surface area contributed by atoms with Gasteiger partial charge < -0.3 is 9.47 Å². The molecule has 5 fully saturated rings. The van der Waals surface area contributed by atoms with Crippen LogP contribution in [0.2, 0.25) is 0 Å².